The van der Waals surface area contributed by atoms with Gasteiger partial charge in [-0.05, 0) is 42.6 Å². The van der Waals surface area contributed by atoms with Crippen molar-refractivity contribution in [3.05, 3.63) is 28.8 Å². The second kappa shape index (κ2) is 6.95. The fraction of sp³-hybridized carbons (Fsp3) is 0.739. The van der Waals surface area contributed by atoms with E-state index >= 15 is 0 Å². The van der Waals surface area contributed by atoms with Crippen LogP contribution < -0.4 is 4.74 Å². The van der Waals surface area contributed by atoms with Crippen LogP contribution in [0.4, 0.5) is 0 Å². The molecule has 0 bridgehead atoms. The molecule has 0 N–H and O–H groups in total. The molecule has 0 saturated heterocycles. The van der Waals surface area contributed by atoms with Crippen LogP contribution in [0.1, 0.15) is 99.8 Å². The highest BCUT2D eigenvalue weighted by molar-refractivity contribution is 5.52. The Balaban J connectivity index is 3.54. The molecule has 0 spiro atoms. The van der Waals surface area contributed by atoms with Crippen LogP contribution >= 0.6 is 0 Å². The van der Waals surface area contributed by atoms with Crippen molar-refractivity contribution >= 4 is 0 Å². The van der Waals surface area contributed by atoms with Crippen LogP contribution in [0, 0.1) is 0 Å². The average Bonchev–Trinajstić information content (AvgIpc) is 2.33. The van der Waals surface area contributed by atoms with E-state index in [2.05, 4.69) is 95.2 Å². The van der Waals surface area contributed by atoms with Crippen LogP contribution in [-0.4, -0.2) is 12.4 Å². The van der Waals surface area contributed by atoms with Gasteiger partial charge in [-0.2, -0.15) is 0 Å². The van der Waals surface area contributed by atoms with Crippen molar-refractivity contribution in [3.63, 3.8) is 0 Å². The largest absolute Gasteiger partial charge is 0.467 e. The van der Waals surface area contributed by atoms with Crippen molar-refractivity contribution in [1.82, 2.24) is 0 Å². The predicted molar refractivity (Wildman–Crippen MR) is 109 cm³/mol. The molecule has 2 heteroatoms. The van der Waals surface area contributed by atoms with Gasteiger partial charge in [0.05, 0.1) is 5.60 Å². The Bertz CT molecular complexity index is 549. The highest BCUT2D eigenvalue weighted by atomic mass is 16.7. The van der Waals surface area contributed by atoms with E-state index in [1.165, 1.54) is 16.7 Å². The van der Waals surface area contributed by atoms with E-state index in [1.54, 1.807) is 0 Å². The van der Waals surface area contributed by atoms with E-state index in [4.69, 9.17) is 9.47 Å². The smallest absolute Gasteiger partial charge is 0.189 e. The Morgan fingerprint density at radius 1 is 0.640 bits per heavy atom. The maximum absolute atomic E-state index is 6.24. The number of benzene rings is 1. The quantitative estimate of drug-likeness (QED) is 0.564. The Hall–Kier alpha value is -1.02. The highest BCUT2D eigenvalue weighted by Crippen LogP contribution is 2.42. The van der Waals surface area contributed by atoms with Gasteiger partial charge in [0, 0.05) is 11.1 Å². The molecule has 0 aromatic heterocycles. The third-order valence-electron chi connectivity index (χ3n) is 4.27. The summed E-state index contributed by atoms with van der Waals surface area (Å²) in [6.07, 6.45) is 0. The molecule has 0 heterocycles. The summed E-state index contributed by atoms with van der Waals surface area (Å²) in [5.74, 6) is 0.984. The molecule has 1 aromatic rings. The van der Waals surface area contributed by atoms with Gasteiger partial charge in [0.2, 0.25) is 0 Å². The molecule has 0 unspecified atom stereocenters. The van der Waals surface area contributed by atoms with Gasteiger partial charge < -0.3 is 9.47 Å². The van der Waals surface area contributed by atoms with Crippen molar-refractivity contribution in [2.24, 2.45) is 0 Å². The number of hydrogen-bond donors (Lipinski definition) is 0. The van der Waals surface area contributed by atoms with Crippen molar-refractivity contribution in [2.75, 3.05) is 6.79 Å². The first-order valence-electron chi connectivity index (χ1n) is 9.39. The van der Waals surface area contributed by atoms with Gasteiger partial charge in [0.15, 0.2) is 6.79 Å². The van der Waals surface area contributed by atoms with Crippen LogP contribution in [0.3, 0.4) is 0 Å². The standard InChI is InChI=1S/C23H40O2/c1-20(2,3)16-13-17(21(4,5)6)19(18(14-16)22(7,8)9)24-15-25-23(10,11)12/h13-14H,15H2,1-12H3. The molecule has 0 radical (unpaired) electrons. The summed E-state index contributed by atoms with van der Waals surface area (Å²) < 4.78 is 12.1. The number of ether oxygens (including phenoxy) is 2. The van der Waals surface area contributed by atoms with Crippen LogP contribution in [-0.2, 0) is 21.0 Å². The summed E-state index contributed by atoms with van der Waals surface area (Å²) in [5.41, 5.74) is 3.74. The monoisotopic (exact) mass is 348 g/mol. The molecule has 0 atom stereocenters. The van der Waals surface area contributed by atoms with Crippen molar-refractivity contribution < 1.29 is 9.47 Å². The lowest BCUT2D eigenvalue weighted by atomic mass is 9.75. The molecule has 0 fully saturated rings. The summed E-state index contributed by atoms with van der Waals surface area (Å²) >= 11 is 0. The predicted octanol–water partition coefficient (Wildman–Crippen LogP) is 6.73. The SMILES string of the molecule is CC(C)(C)OCOc1c(C(C)(C)C)cc(C(C)(C)C)cc1C(C)(C)C. The lowest BCUT2D eigenvalue weighted by Gasteiger charge is -2.33. The zero-order chi connectivity index (χ0) is 19.8. The molecule has 0 amide bonds. The maximum atomic E-state index is 6.24. The number of hydrogen-bond acceptors (Lipinski definition) is 2. The minimum Gasteiger partial charge on any atom is -0.467 e. The topological polar surface area (TPSA) is 18.5 Å². The summed E-state index contributed by atoms with van der Waals surface area (Å²) in [6, 6.07) is 4.64. The molecule has 25 heavy (non-hydrogen) atoms. The first-order valence-corrected chi connectivity index (χ1v) is 9.39. The zero-order valence-corrected chi connectivity index (χ0v) is 18.7. The van der Waals surface area contributed by atoms with Gasteiger partial charge in [-0.1, -0.05) is 74.4 Å². The Labute approximate surface area is 156 Å². The molecule has 144 valence electrons. The van der Waals surface area contributed by atoms with Crippen molar-refractivity contribution in [1.29, 1.82) is 0 Å². The van der Waals surface area contributed by atoms with E-state index in [0.29, 0.717) is 0 Å². The van der Waals surface area contributed by atoms with Crippen molar-refractivity contribution in [2.45, 2.75) is 105 Å². The van der Waals surface area contributed by atoms with Crippen LogP contribution in [0.5, 0.6) is 5.75 Å². The summed E-state index contributed by atoms with van der Waals surface area (Å²) in [5, 5.41) is 0. The normalized spacial score (nSPS) is 13.9. The first kappa shape index (κ1) is 22.0. The van der Waals surface area contributed by atoms with E-state index in [1.807, 2.05) is 0 Å². The lowest BCUT2D eigenvalue weighted by molar-refractivity contribution is -0.0768. The van der Waals surface area contributed by atoms with Gasteiger partial charge in [0.25, 0.3) is 0 Å². The van der Waals surface area contributed by atoms with Crippen LogP contribution in [0.15, 0.2) is 12.1 Å². The molecule has 0 aliphatic rings. The van der Waals surface area contributed by atoms with E-state index in [9.17, 15) is 0 Å². The van der Waals surface area contributed by atoms with Gasteiger partial charge in [-0.25, -0.2) is 0 Å². The summed E-state index contributed by atoms with van der Waals surface area (Å²) in [6.45, 7) is 26.7. The highest BCUT2D eigenvalue weighted by Gasteiger charge is 2.30. The molecule has 1 aromatic carbocycles. The van der Waals surface area contributed by atoms with Gasteiger partial charge in [-0.15, -0.1) is 0 Å². The second-order valence-electron chi connectivity index (χ2n) is 11.2. The fourth-order valence-corrected chi connectivity index (χ4v) is 2.60. The molecule has 0 saturated carbocycles. The minimum atomic E-state index is -0.213. The van der Waals surface area contributed by atoms with E-state index < -0.39 is 0 Å². The Morgan fingerprint density at radius 2 is 1.04 bits per heavy atom. The number of rotatable bonds is 3. The maximum Gasteiger partial charge on any atom is 0.189 e. The van der Waals surface area contributed by atoms with E-state index in [-0.39, 0.29) is 28.6 Å². The molecule has 2 nitrogen and oxygen atoms in total. The zero-order valence-electron chi connectivity index (χ0n) is 18.7. The lowest BCUT2D eigenvalue weighted by Crippen LogP contribution is -2.26. The summed E-state index contributed by atoms with van der Waals surface area (Å²) in [4.78, 5) is 0. The third kappa shape index (κ3) is 6.33. The van der Waals surface area contributed by atoms with Crippen LogP contribution in [0.2, 0.25) is 0 Å². The Kier molecular flexibility index (Phi) is 6.12. The van der Waals surface area contributed by atoms with Gasteiger partial charge in [0.1, 0.15) is 5.75 Å². The molecular weight excluding hydrogens is 308 g/mol. The van der Waals surface area contributed by atoms with Crippen molar-refractivity contribution in [3.8, 4) is 5.75 Å². The fourth-order valence-electron chi connectivity index (χ4n) is 2.60. The molecule has 1 rings (SSSR count). The van der Waals surface area contributed by atoms with Gasteiger partial charge >= 0.3 is 0 Å². The van der Waals surface area contributed by atoms with E-state index in [0.717, 1.165) is 5.75 Å². The van der Waals surface area contributed by atoms with Crippen LogP contribution in [0.25, 0.3) is 0 Å². The summed E-state index contributed by atoms with van der Waals surface area (Å²) in [7, 11) is 0. The third-order valence-corrected chi connectivity index (χ3v) is 4.27. The molecule has 0 aliphatic carbocycles. The minimum absolute atomic E-state index is 0.00166. The first-order chi connectivity index (χ1) is 10.9. The second-order valence-corrected chi connectivity index (χ2v) is 11.2. The molecular formula is C23H40O2. The van der Waals surface area contributed by atoms with Gasteiger partial charge in [-0.3, -0.25) is 0 Å². The Morgan fingerprint density at radius 3 is 1.32 bits per heavy atom. The molecule has 0 aliphatic heterocycles. The average molecular weight is 349 g/mol.